The minimum Gasteiger partial charge on any atom is -0.469 e. The topological polar surface area (TPSA) is 43.4 Å². The molecule has 100 valence electrons. The van der Waals surface area contributed by atoms with Crippen LogP contribution in [0.15, 0.2) is 0 Å². The first-order chi connectivity index (χ1) is 7.86. The molecule has 0 unspecified atom stereocenters. The molecule has 0 aliphatic heterocycles. The van der Waals surface area contributed by atoms with Crippen molar-refractivity contribution in [2.45, 2.75) is 53.4 Å². The number of carbonyl (C=O) groups excluding carboxylic acids is 2. The number of methoxy groups -OCH3 is 1. The minimum absolute atomic E-state index is 0.137. The van der Waals surface area contributed by atoms with Gasteiger partial charge in [-0.05, 0) is 38.0 Å². The predicted octanol–water partition coefficient (Wildman–Crippen LogP) is 3.22. The van der Waals surface area contributed by atoms with Crippen molar-refractivity contribution in [2.24, 2.45) is 17.8 Å². The summed E-state index contributed by atoms with van der Waals surface area (Å²) in [6.07, 6.45) is 3.37. The number of ketones is 1. The second-order valence-corrected chi connectivity index (χ2v) is 5.31. The van der Waals surface area contributed by atoms with E-state index in [1.165, 1.54) is 7.11 Å². The van der Waals surface area contributed by atoms with Crippen LogP contribution in [0.1, 0.15) is 53.4 Å². The van der Waals surface area contributed by atoms with Crippen LogP contribution in [0, 0.1) is 17.8 Å². The van der Waals surface area contributed by atoms with Crippen LogP contribution in [0.25, 0.3) is 0 Å². The van der Waals surface area contributed by atoms with Gasteiger partial charge in [0.1, 0.15) is 5.78 Å². The summed E-state index contributed by atoms with van der Waals surface area (Å²) in [5.74, 6) is 1.31. The zero-order valence-corrected chi connectivity index (χ0v) is 11.8. The molecule has 0 aromatic carbocycles. The van der Waals surface area contributed by atoms with Crippen molar-refractivity contribution in [1.82, 2.24) is 0 Å². The second kappa shape index (κ2) is 8.26. The molecule has 0 spiro atoms. The molecule has 0 rings (SSSR count). The zero-order chi connectivity index (χ0) is 13.4. The molecule has 0 aromatic heterocycles. The number of esters is 1. The molecule has 17 heavy (non-hydrogen) atoms. The largest absolute Gasteiger partial charge is 0.469 e. The van der Waals surface area contributed by atoms with E-state index >= 15 is 0 Å². The molecule has 3 nitrogen and oxygen atoms in total. The summed E-state index contributed by atoms with van der Waals surface area (Å²) in [4.78, 5) is 22.2. The number of carbonyl (C=O) groups is 2. The molecule has 0 radical (unpaired) electrons. The Morgan fingerprint density at radius 2 is 1.65 bits per heavy atom. The van der Waals surface area contributed by atoms with Crippen molar-refractivity contribution in [3.63, 3.8) is 0 Å². The molecule has 0 aliphatic carbocycles. The van der Waals surface area contributed by atoms with Crippen molar-refractivity contribution in [3.8, 4) is 0 Å². The number of hydrogen-bond acceptors (Lipinski definition) is 3. The smallest absolute Gasteiger partial charge is 0.305 e. The van der Waals surface area contributed by atoms with Gasteiger partial charge in [-0.1, -0.05) is 20.8 Å². The van der Waals surface area contributed by atoms with E-state index in [0.29, 0.717) is 18.3 Å². The summed E-state index contributed by atoms with van der Waals surface area (Å²) in [5, 5.41) is 0. The average molecular weight is 242 g/mol. The molecule has 0 fully saturated rings. The van der Waals surface area contributed by atoms with Crippen LogP contribution in [-0.2, 0) is 14.3 Å². The highest BCUT2D eigenvalue weighted by atomic mass is 16.5. The molecule has 0 aromatic rings. The van der Waals surface area contributed by atoms with E-state index in [9.17, 15) is 9.59 Å². The third-order valence-electron chi connectivity index (χ3n) is 3.32. The summed E-state index contributed by atoms with van der Waals surface area (Å²) >= 11 is 0. The Morgan fingerprint density at radius 3 is 2.12 bits per heavy atom. The van der Waals surface area contributed by atoms with E-state index in [4.69, 9.17) is 0 Å². The predicted molar refractivity (Wildman–Crippen MR) is 68.7 cm³/mol. The van der Waals surface area contributed by atoms with Gasteiger partial charge in [0.05, 0.1) is 7.11 Å². The Bertz CT molecular complexity index is 248. The Hall–Kier alpha value is -0.860. The molecular formula is C14H26O3. The minimum atomic E-state index is -0.137. The van der Waals surface area contributed by atoms with Crippen LogP contribution in [-0.4, -0.2) is 18.9 Å². The first kappa shape index (κ1) is 16.1. The van der Waals surface area contributed by atoms with Crippen molar-refractivity contribution in [3.05, 3.63) is 0 Å². The van der Waals surface area contributed by atoms with Gasteiger partial charge < -0.3 is 4.74 Å². The fourth-order valence-corrected chi connectivity index (χ4v) is 2.14. The molecule has 0 heterocycles. The van der Waals surface area contributed by atoms with Gasteiger partial charge in [0, 0.05) is 12.3 Å². The van der Waals surface area contributed by atoms with E-state index < -0.39 is 0 Å². The molecule has 0 saturated carbocycles. The van der Waals surface area contributed by atoms with Gasteiger partial charge in [-0.3, -0.25) is 9.59 Å². The Kier molecular flexibility index (Phi) is 7.85. The average Bonchev–Trinajstić information content (AvgIpc) is 2.25. The van der Waals surface area contributed by atoms with Gasteiger partial charge in [-0.15, -0.1) is 0 Å². The third-order valence-corrected chi connectivity index (χ3v) is 3.32. The van der Waals surface area contributed by atoms with Crippen LogP contribution in [0.3, 0.4) is 0 Å². The van der Waals surface area contributed by atoms with Gasteiger partial charge in [0.2, 0.25) is 0 Å². The second-order valence-electron chi connectivity index (χ2n) is 5.31. The summed E-state index contributed by atoms with van der Waals surface area (Å²) in [6, 6.07) is 0. The monoisotopic (exact) mass is 242 g/mol. The van der Waals surface area contributed by atoms with Crippen LogP contribution >= 0.6 is 0 Å². The highest BCUT2D eigenvalue weighted by Gasteiger charge is 2.15. The summed E-state index contributed by atoms with van der Waals surface area (Å²) in [7, 11) is 1.42. The summed E-state index contributed by atoms with van der Waals surface area (Å²) in [5.41, 5.74) is 0. The van der Waals surface area contributed by atoms with Crippen molar-refractivity contribution < 1.29 is 14.3 Å². The maximum Gasteiger partial charge on any atom is 0.305 e. The normalized spacial score (nSPS) is 16.1. The van der Waals surface area contributed by atoms with Crippen molar-refractivity contribution in [1.29, 1.82) is 0 Å². The van der Waals surface area contributed by atoms with E-state index in [2.05, 4.69) is 18.6 Å². The summed E-state index contributed by atoms with van der Waals surface area (Å²) in [6.45, 7) is 7.96. The third kappa shape index (κ3) is 7.94. The first-order valence-electron chi connectivity index (χ1n) is 6.44. The Labute approximate surface area is 105 Å². The lowest BCUT2D eigenvalue weighted by molar-refractivity contribution is -0.140. The van der Waals surface area contributed by atoms with Crippen molar-refractivity contribution >= 4 is 11.8 Å². The van der Waals surface area contributed by atoms with Gasteiger partial charge >= 0.3 is 5.97 Å². The molecule has 0 bridgehead atoms. The van der Waals surface area contributed by atoms with Crippen LogP contribution in [0.5, 0.6) is 0 Å². The lowest BCUT2D eigenvalue weighted by atomic mass is 9.86. The van der Waals surface area contributed by atoms with Crippen LogP contribution < -0.4 is 0 Å². The SMILES string of the molecule is COC(=O)CC[C@@H](C)C[C@H](C)C[C@H](C)C(C)=O. The number of Topliss-reactive ketones (excluding diaryl/α,β-unsaturated/α-hetero) is 1. The molecule has 0 N–H and O–H groups in total. The lowest BCUT2D eigenvalue weighted by Crippen LogP contribution is -2.13. The van der Waals surface area contributed by atoms with Gasteiger partial charge in [0.25, 0.3) is 0 Å². The number of ether oxygens (including phenoxy) is 1. The highest BCUT2D eigenvalue weighted by Crippen LogP contribution is 2.22. The number of rotatable bonds is 8. The van der Waals surface area contributed by atoms with E-state index in [-0.39, 0.29) is 17.7 Å². The first-order valence-corrected chi connectivity index (χ1v) is 6.44. The standard InChI is InChI=1S/C14H26O3/c1-10(6-7-14(16)17-5)8-11(2)9-12(3)13(4)15/h10-12H,6-9H2,1-5H3/t10-,11+,12+/m1/s1. The fourth-order valence-electron chi connectivity index (χ4n) is 2.14. The molecule has 3 atom stereocenters. The Morgan fingerprint density at radius 1 is 1.06 bits per heavy atom. The zero-order valence-electron chi connectivity index (χ0n) is 11.8. The lowest BCUT2D eigenvalue weighted by Gasteiger charge is -2.19. The quantitative estimate of drug-likeness (QED) is 0.614. The maximum atomic E-state index is 11.2. The van der Waals surface area contributed by atoms with E-state index in [0.717, 1.165) is 19.3 Å². The van der Waals surface area contributed by atoms with Gasteiger partial charge in [0.15, 0.2) is 0 Å². The molecule has 0 amide bonds. The number of hydrogen-bond donors (Lipinski definition) is 0. The van der Waals surface area contributed by atoms with E-state index in [1.807, 2.05) is 6.92 Å². The maximum absolute atomic E-state index is 11.2. The molecule has 0 aliphatic rings. The highest BCUT2D eigenvalue weighted by molar-refractivity contribution is 5.77. The molecule has 3 heteroatoms. The Balaban J connectivity index is 3.83. The van der Waals surface area contributed by atoms with Crippen LogP contribution in [0.2, 0.25) is 0 Å². The van der Waals surface area contributed by atoms with Gasteiger partial charge in [-0.2, -0.15) is 0 Å². The van der Waals surface area contributed by atoms with E-state index in [1.54, 1.807) is 6.92 Å². The molecule has 0 saturated heterocycles. The fraction of sp³-hybridized carbons (Fsp3) is 0.857. The van der Waals surface area contributed by atoms with Crippen molar-refractivity contribution in [2.75, 3.05) is 7.11 Å². The summed E-state index contributed by atoms with van der Waals surface area (Å²) < 4.78 is 4.62. The van der Waals surface area contributed by atoms with Crippen LogP contribution in [0.4, 0.5) is 0 Å². The van der Waals surface area contributed by atoms with Gasteiger partial charge in [-0.25, -0.2) is 0 Å². The molecular weight excluding hydrogens is 216 g/mol.